The van der Waals surface area contributed by atoms with E-state index in [1.165, 1.54) is 17.4 Å². The van der Waals surface area contributed by atoms with E-state index >= 15 is 0 Å². The lowest BCUT2D eigenvalue weighted by atomic mass is 10.0. The van der Waals surface area contributed by atoms with Crippen molar-refractivity contribution in [1.29, 1.82) is 0 Å². The van der Waals surface area contributed by atoms with Gasteiger partial charge in [0, 0.05) is 24.0 Å². The zero-order valence-electron chi connectivity index (χ0n) is 16.3. The molecule has 3 heterocycles. The summed E-state index contributed by atoms with van der Waals surface area (Å²) in [5.41, 5.74) is 7.82. The number of benzene rings is 1. The highest BCUT2D eigenvalue weighted by atomic mass is 32.1. The van der Waals surface area contributed by atoms with Gasteiger partial charge in [-0.05, 0) is 25.0 Å². The van der Waals surface area contributed by atoms with E-state index in [1.54, 1.807) is 41.5 Å². The number of nitrogens with one attached hydrogen (secondary N) is 1. The number of alkyl halides is 1. The number of anilines is 1. The van der Waals surface area contributed by atoms with Gasteiger partial charge in [-0.15, -0.1) is 11.3 Å². The van der Waals surface area contributed by atoms with Gasteiger partial charge in [0.25, 0.3) is 0 Å². The number of thiazole rings is 1. The molecule has 30 heavy (non-hydrogen) atoms. The van der Waals surface area contributed by atoms with Crippen LogP contribution in [0.1, 0.15) is 36.6 Å². The molecular formula is C20H23F2N5O2S. The number of aryl methyl sites for hydroxylation is 1. The molecule has 4 rings (SSSR count). The topological polar surface area (TPSA) is 98.2 Å². The average Bonchev–Trinajstić information content (AvgIpc) is 3.32. The third-order valence-corrected chi connectivity index (χ3v) is 6.07. The van der Waals surface area contributed by atoms with Crippen LogP contribution in [0.4, 0.5) is 14.5 Å². The Hall–Kier alpha value is -2.40. The molecule has 7 nitrogen and oxygen atoms in total. The number of hydrogen-bond acceptors (Lipinski definition) is 7. The predicted molar refractivity (Wildman–Crippen MR) is 110 cm³/mol. The molecule has 1 aliphatic rings. The Bertz CT molecular complexity index is 999. The molecule has 0 spiro atoms. The summed E-state index contributed by atoms with van der Waals surface area (Å²) in [6, 6.07) is 5.80. The summed E-state index contributed by atoms with van der Waals surface area (Å²) in [6.45, 7) is -0.0862. The smallest absolute Gasteiger partial charge is 0.169 e. The second kappa shape index (κ2) is 8.76. The molecule has 4 atom stereocenters. The van der Waals surface area contributed by atoms with Gasteiger partial charge >= 0.3 is 0 Å². The number of hydrogen-bond donors (Lipinski definition) is 3. The van der Waals surface area contributed by atoms with Crippen LogP contribution in [0.3, 0.4) is 0 Å². The van der Waals surface area contributed by atoms with E-state index in [4.69, 9.17) is 10.5 Å². The van der Waals surface area contributed by atoms with Crippen LogP contribution in [-0.4, -0.2) is 38.7 Å². The first-order valence-electron chi connectivity index (χ1n) is 9.62. The van der Waals surface area contributed by atoms with Gasteiger partial charge in [-0.1, -0.05) is 12.1 Å². The van der Waals surface area contributed by atoms with Crippen molar-refractivity contribution in [3.8, 4) is 10.6 Å². The number of aliphatic hydroxyl groups excluding tert-OH is 1. The minimum Gasteiger partial charge on any atom is -0.369 e. The van der Waals surface area contributed by atoms with Gasteiger partial charge in [-0.3, -0.25) is 4.68 Å². The van der Waals surface area contributed by atoms with Gasteiger partial charge in [-0.2, -0.15) is 5.10 Å². The van der Waals surface area contributed by atoms with E-state index < -0.39 is 24.5 Å². The van der Waals surface area contributed by atoms with Crippen molar-refractivity contribution in [2.75, 3.05) is 11.9 Å². The zero-order chi connectivity index (χ0) is 21.3. The maximum absolute atomic E-state index is 14.0. The number of rotatable bonds is 5. The summed E-state index contributed by atoms with van der Waals surface area (Å²) in [4.78, 5) is 4.36. The van der Waals surface area contributed by atoms with Gasteiger partial charge in [0.2, 0.25) is 0 Å². The molecule has 1 unspecified atom stereocenters. The second-order valence-corrected chi connectivity index (χ2v) is 8.11. The van der Waals surface area contributed by atoms with E-state index in [0.717, 1.165) is 0 Å². The van der Waals surface area contributed by atoms with Gasteiger partial charge in [0.05, 0.1) is 24.2 Å². The SMILES string of the molecule is Cn1ncc(NC(O)c2csc(-c3ccccc3F)n2)c1[C@@H]1CC[C@@H](N)[C@H](F)CO1. The summed E-state index contributed by atoms with van der Waals surface area (Å²) in [6.07, 6.45) is -0.145. The Labute approximate surface area is 176 Å². The lowest BCUT2D eigenvalue weighted by Crippen LogP contribution is -2.32. The normalized spacial score (nSPS) is 23.2. The molecule has 3 aromatic rings. The molecule has 0 radical (unpaired) electrons. The second-order valence-electron chi connectivity index (χ2n) is 7.25. The van der Waals surface area contributed by atoms with E-state index in [1.807, 2.05) is 0 Å². The van der Waals surface area contributed by atoms with E-state index in [2.05, 4.69) is 15.4 Å². The van der Waals surface area contributed by atoms with Crippen LogP contribution < -0.4 is 11.1 Å². The Balaban J connectivity index is 1.52. The largest absolute Gasteiger partial charge is 0.369 e. The van der Waals surface area contributed by atoms with Crippen LogP contribution in [0, 0.1) is 5.82 Å². The van der Waals surface area contributed by atoms with Gasteiger partial charge in [0.1, 0.15) is 28.8 Å². The Morgan fingerprint density at radius 2 is 2.17 bits per heavy atom. The third kappa shape index (κ3) is 4.22. The molecule has 2 aromatic heterocycles. The predicted octanol–water partition coefficient (Wildman–Crippen LogP) is 3.30. The number of aromatic nitrogens is 3. The molecule has 0 aliphatic carbocycles. The van der Waals surface area contributed by atoms with Crippen molar-refractivity contribution in [2.45, 2.75) is 37.4 Å². The van der Waals surface area contributed by atoms with Crippen LogP contribution in [0.15, 0.2) is 35.8 Å². The summed E-state index contributed by atoms with van der Waals surface area (Å²) >= 11 is 1.24. The molecule has 1 saturated heterocycles. The van der Waals surface area contributed by atoms with Gasteiger partial charge in [-0.25, -0.2) is 13.8 Å². The highest BCUT2D eigenvalue weighted by Gasteiger charge is 2.30. The van der Waals surface area contributed by atoms with Crippen LogP contribution >= 0.6 is 11.3 Å². The molecule has 1 aromatic carbocycles. The quantitative estimate of drug-likeness (QED) is 0.532. The molecule has 1 aliphatic heterocycles. The zero-order valence-corrected chi connectivity index (χ0v) is 17.1. The fraction of sp³-hybridized carbons (Fsp3) is 0.400. The molecule has 0 amide bonds. The van der Waals surface area contributed by atoms with Crippen LogP contribution in [-0.2, 0) is 11.8 Å². The maximum atomic E-state index is 14.0. The summed E-state index contributed by atoms with van der Waals surface area (Å²) in [5, 5.41) is 20.0. The van der Waals surface area contributed by atoms with Crippen molar-refractivity contribution in [3.63, 3.8) is 0 Å². The van der Waals surface area contributed by atoms with E-state index in [0.29, 0.717) is 40.5 Å². The van der Waals surface area contributed by atoms with Gasteiger partial charge < -0.3 is 20.9 Å². The highest BCUT2D eigenvalue weighted by molar-refractivity contribution is 7.13. The fourth-order valence-corrected chi connectivity index (χ4v) is 4.35. The number of ether oxygens (including phenoxy) is 1. The third-order valence-electron chi connectivity index (χ3n) is 5.17. The van der Waals surface area contributed by atoms with Crippen molar-refractivity contribution >= 4 is 17.0 Å². The molecule has 4 N–H and O–H groups in total. The van der Waals surface area contributed by atoms with Crippen molar-refractivity contribution < 1.29 is 18.6 Å². The van der Waals surface area contributed by atoms with Crippen molar-refractivity contribution in [2.24, 2.45) is 12.8 Å². The lowest BCUT2D eigenvalue weighted by Gasteiger charge is -2.19. The first-order chi connectivity index (χ1) is 14.4. The lowest BCUT2D eigenvalue weighted by molar-refractivity contribution is 0.0246. The van der Waals surface area contributed by atoms with E-state index in [9.17, 15) is 13.9 Å². The summed E-state index contributed by atoms with van der Waals surface area (Å²) in [5.74, 6) is -0.370. The Morgan fingerprint density at radius 3 is 2.97 bits per heavy atom. The minimum atomic E-state index is -1.21. The fourth-order valence-electron chi connectivity index (χ4n) is 3.49. The molecule has 0 bridgehead atoms. The highest BCUT2D eigenvalue weighted by Crippen LogP contribution is 2.34. The Morgan fingerprint density at radius 1 is 1.37 bits per heavy atom. The average molecular weight is 436 g/mol. The Kier molecular flexibility index (Phi) is 6.09. The molecule has 1 fully saturated rings. The number of nitrogens with two attached hydrogens (primary N) is 1. The first kappa shape index (κ1) is 20.9. The van der Waals surface area contributed by atoms with Gasteiger partial charge in [0.15, 0.2) is 6.23 Å². The van der Waals surface area contributed by atoms with Crippen LogP contribution in [0.2, 0.25) is 0 Å². The minimum absolute atomic E-state index is 0.0862. The van der Waals surface area contributed by atoms with E-state index in [-0.39, 0.29) is 12.4 Å². The van der Waals surface area contributed by atoms with Crippen LogP contribution in [0.25, 0.3) is 10.6 Å². The molecular weight excluding hydrogens is 412 g/mol. The number of aliphatic hydroxyl groups is 1. The standard InChI is InChI=1S/C20H23F2N5O2S/c1-27-18(17-7-6-14(23)13(22)9-29-17)15(8-24-27)25-19(28)16-10-30-20(26-16)11-4-2-3-5-12(11)21/h2-5,8,10,13-14,17,19,25,28H,6-7,9,23H2,1H3/t13-,14-,17+,19?/m1/s1. The first-order valence-corrected chi connectivity index (χ1v) is 10.5. The van der Waals surface area contributed by atoms with Crippen molar-refractivity contribution in [1.82, 2.24) is 14.8 Å². The number of nitrogens with zero attached hydrogens (tertiary/aromatic N) is 3. The van der Waals surface area contributed by atoms with Crippen LogP contribution in [0.5, 0.6) is 0 Å². The molecule has 160 valence electrons. The summed E-state index contributed by atoms with van der Waals surface area (Å²) < 4.78 is 35.3. The monoisotopic (exact) mass is 435 g/mol. The molecule has 10 heteroatoms. The molecule has 0 saturated carbocycles. The van der Waals surface area contributed by atoms with Crippen molar-refractivity contribution in [3.05, 3.63) is 53.0 Å². The summed E-state index contributed by atoms with van der Waals surface area (Å²) in [7, 11) is 1.76. The maximum Gasteiger partial charge on any atom is 0.169 e. The number of halogens is 2.